The Morgan fingerprint density at radius 1 is 1.07 bits per heavy atom. The lowest BCUT2D eigenvalue weighted by Crippen LogP contribution is -2.45. The number of fused-ring (bicyclic) bond motifs is 1. The SMILES string of the molecule is CC(C)(C)[Si](C)(C)OC1c2ccc(CCO)cc2OCC1Cc1ccccc1. The van der Waals surface area contributed by atoms with Crippen molar-refractivity contribution in [2.45, 2.75) is 57.8 Å². The van der Waals surface area contributed by atoms with Crippen molar-refractivity contribution in [3.63, 3.8) is 0 Å². The predicted octanol–water partition coefficient (Wildman–Crippen LogP) is 5.54. The van der Waals surface area contributed by atoms with E-state index in [-0.39, 0.29) is 23.7 Å². The van der Waals surface area contributed by atoms with Gasteiger partial charge in [-0.25, -0.2) is 0 Å². The second-order valence-corrected chi connectivity index (χ2v) is 14.2. The third-order valence-corrected chi connectivity index (χ3v) is 10.7. The smallest absolute Gasteiger partial charge is 0.192 e. The highest BCUT2D eigenvalue weighted by Crippen LogP contribution is 2.46. The van der Waals surface area contributed by atoms with Crippen LogP contribution in [-0.4, -0.2) is 26.6 Å². The van der Waals surface area contributed by atoms with Crippen molar-refractivity contribution >= 4 is 8.32 Å². The van der Waals surface area contributed by atoms with Gasteiger partial charge in [0.1, 0.15) is 5.75 Å². The van der Waals surface area contributed by atoms with E-state index in [9.17, 15) is 5.11 Å². The first kappa shape index (κ1) is 21.1. The van der Waals surface area contributed by atoms with Crippen LogP contribution in [0.15, 0.2) is 48.5 Å². The number of rotatable bonds is 6. The average molecular weight is 399 g/mol. The highest BCUT2D eigenvalue weighted by molar-refractivity contribution is 6.74. The van der Waals surface area contributed by atoms with Crippen LogP contribution in [0.3, 0.4) is 0 Å². The maximum absolute atomic E-state index is 9.26. The van der Waals surface area contributed by atoms with Crippen molar-refractivity contribution in [2.75, 3.05) is 13.2 Å². The molecule has 2 unspecified atom stereocenters. The lowest BCUT2D eigenvalue weighted by Gasteiger charge is -2.43. The Bertz CT molecular complexity index is 780. The van der Waals surface area contributed by atoms with Crippen molar-refractivity contribution in [3.8, 4) is 5.75 Å². The van der Waals surface area contributed by atoms with Gasteiger partial charge in [0.25, 0.3) is 0 Å². The standard InChI is InChI=1S/C24H34O3Si/c1-24(2,3)28(4,5)27-23-20(15-18-9-7-6-8-10-18)17-26-22-16-19(13-14-25)11-12-21(22)23/h6-12,16,20,23,25H,13-15,17H2,1-5H3. The first-order chi connectivity index (χ1) is 13.2. The summed E-state index contributed by atoms with van der Waals surface area (Å²) in [6, 6.07) is 16.9. The summed E-state index contributed by atoms with van der Waals surface area (Å²) in [6.45, 7) is 12.3. The van der Waals surface area contributed by atoms with E-state index in [1.165, 1.54) is 5.56 Å². The van der Waals surface area contributed by atoms with Crippen molar-refractivity contribution < 1.29 is 14.3 Å². The molecule has 1 heterocycles. The summed E-state index contributed by atoms with van der Waals surface area (Å²) in [4.78, 5) is 0. The van der Waals surface area contributed by atoms with Crippen LogP contribution in [-0.2, 0) is 17.3 Å². The number of aliphatic hydroxyl groups is 1. The third-order valence-electron chi connectivity index (χ3n) is 6.23. The normalized spacial score (nSPS) is 19.8. The van der Waals surface area contributed by atoms with Gasteiger partial charge in [0.15, 0.2) is 8.32 Å². The molecule has 4 heteroatoms. The molecule has 0 aromatic heterocycles. The van der Waals surface area contributed by atoms with E-state index in [1.54, 1.807) is 0 Å². The molecule has 0 saturated heterocycles. The van der Waals surface area contributed by atoms with Gasteiger partial charge >= 0.3 is 0 Å². The first-order valence-electron chi connectivity index (χ1n) is 10.3. The van der Waals surface area contributed by atoms with E-state index in [0.717, 1.165) is 23.3 Å². The van der Waals surface area contributed by atoms with Crippen LogP contribution in [0.5, 0.6) is 5.75 Å². The summed E-state index contributed by atoms with van der Waals surface area (Å²) in [5.41, 5.74) is 3.58. The summed E-state index contributed by atoms with van der Waals surface area (Å²) < 4.78 is 13.1. The Morgan fingerprint density at radius 3 is 2.43 bits per heavy atom. The van der Waals surface area contributed by atoms with Crippen molar-refractivity contribution in [2.24, 2.45) is 5.92 Å². The zero-order chi connectivity index (χ0) is 20.4. The van der Waals surface area contributed by atoms with E-state index in [0.29, 0.717) is 13.0 Å². The van der Waals surface area contributed by atoms with E-state index < -0.39 is 8.32 Å². The molecule has 2 atom stereocenters. The van der Waals surface area contributed by atoms with Crippen LogP contribution in [0.2, 0.25) is 18.1 Å². The molecule has 3 rings (SSSR count). The molecule has 1 aliphatic rings. The quantitative estimate of drug-likeness (QED) is 0.650. The topological polar surface area (TPSA) is 38.7 Å². The molecular formula is C24H34O3Si. The van der Waals surface area contributed by atoms with Gasteiger partial charge in [-0.1, -0.05) is 63.2 Å². The summed E-state index contributed by atoms with van der Waals surface area (Å²) in [7, 11) is -1.94. The van der Waals surface area contributed by atoms with Crippen LogP contribution in [0.1, 0.15) is 43.6 Å². The van der Waals surface area contributed by atoms with E-state index in [1.807, 2.05) is 0 Å². The number of benzene rings is 2. The van der Waals surface area contributed by atoms with Gasteiger partial charge in [-0.15, -0.1) is 0 Å². The molecule has 0 bridgehead atoms. The fourth-order valence-corrected chi connectivity index (χ4v) is 4.81. The Morgan fingerprint density at radius 2 is 1.79 bits per heavy atom. The first-order valence-corrected chi connectivity index (χ1v) is 13.2. The minimum atomic E-state index is -1.94. The van der Waals surface area contributed by atoms with Gasteiger partial charge in [0, 0.05) is 18.1 Å². The molecule has 1 N–H and O–H groups in total. The second kappa shape index (κ2) is 8.40. The number of ether oxygens (including phenoxy) is 1. The monoisotopic (exact) mass is 398 g/mol. The van der Waals surface area contributed by atoms with Crippen molar-refractivity contribution in [1.29, 1.82) is 0 Å². The summed E-state index contributed by atoms with van der Waals surface area (Å²) in [5, 5.41) is 9.42. The van der Waals surface area contributed by atoms with Gasteiger partial charge in [0.05, 0.1) is 12.7 Å². The van der Waals surface area contributed by atoms with Gasteiger partial charge in [-0.3, -0.25) is 0 Å². The minimum Gasteiger partial charge on any atom is -0.493 e. The summed E-state index contributed by atoms with van der Waals surface area (Å²) >= 11 is 0. The van der Waals surface area contributed by atoms with E-state index in [2.05, 4.69) is 82.4 Å². The zero-order valence-corrected chi connectivity index (χ0v) is 18.9. The molecule has 0 fully saturated rings. The predicted molar refractivity (Wildman–Crippen MR) is 117 cm³/mol. The fourth-order valence-electron chi connectivity index (χ4n) is 3.50. The second-order valence-electron chi connectivity index (χ2n) is 9.41. The Kier molecular flexibility index (Phi) is 6.33. The summed E-state index contributed by atoms with van der Waals surface area (Å²) in [5.74, 6) is 1.20. The van der Waals surface area contributed by atoms with Crippen LogP contribution in [0, 0.1) is 5.92 Å². The Labute approximate surface area is 170 Å². The van der Waals surface area contributed by atoms with Crippen LogP contribution >= 0.6 is 0 Å². The van der Waals surface area contributed by atoms with Gasteiger partial charge < -0.3 is 14.3 Å². The number of hydrogen-bond acceptors (Lipinski definition) is 3. The number of aliphatic hydroxyl groups excluding tert-OH is 1. The number of hydrogen-bond donors (Lipinski definition) is 1. The van der Waals surface area contributed by atoms with E-state index in [4.69, 9.17) is 9.16 Å². The van der Waals surface area contributed by atoms with Gasteiger partial charge in [-0.2, -0.15) is 0 Å². The molecule has 2 aromatic rings. The molecule has 0 saturated carbocycles. The molecule has 0 amide bonds. The van der Waals surface area contributed by atoms with Crippen LogP contribution < -0.4 is 4.74 Å². The minimum absolute atomic E-state index is 0.0352. The molecule has 1 aliphatic heterocycles. The largest absolute Gasteiger partial charge is 0.493 e. The Balaban J connectivity index is 1.94. The lowest BCUT2D eigenvalue weighted by atomic mass is 9.87. The molecule has 0 radical (unpaired) electrons. The molecule has 152 valence electrons. The van der Waals surface area contributed by atoms with Gasteiger partial charge in [-0.05, 0) is 48.2 Å². The molecule has 0 aliphatic carbocycles. The van der Waals surface area contributed by atoms with Crippen LogP contribution in [0.25, 0.3) is 0 Å². The third kappa shape index (κ3) is 4.68. The molecular weight excluding hydrogens is 364 g/mol. The average Bonchev–Trinajstić information content (AvgIpc) is 2.63. The molecule has 0 spiro atoms. The highest BCUT2D eigenvalue weighted by Gasteiger charge is 2.43. The maximum atomic E-state index is 9.26. The van der Waals surface area contributed by atoms with Gasteiger partial charge in [0.2, 0.25) is 0 Å². The molecule has 2 aromatic carbocycles. The van der Waals surface area contributed by atoms with Crippen molar-refractivity contribution in [1.82, 2.24) is 0 Å². The lowest BCUT2D eigenvalue weighted by molar-refractivity contribution is 0.0589. The fraction of sp³-hybridized carbons (Fsp3) is 0.500. The van der Waals surface area contributed by atoms with Crippen molar-refractivity contribution in [3.05, 3.63) is 65.2 Å². The van der Waals surface area contributed by atoms with Crippen LogP contribution in [0.4, 0.5) is 0 Å². The molecule has 28 heavy (non-hydrogen) atoms. The highest BCUT2D eigenvalue weighted by atomic mass is 28.4. The van der Waals surface area contributed by atoms with E-state index >= 15 is 0 Å². The summed E-state index contributed by atoms with van der Waals surface area (Å²) in [6.07, 6.45) is 1.63. The molecule has 3 nitrogen and oxygen atoms in total. The Hall–Kier alpha value is -1.62. The maximum Gasteiger partial charge on any atom is 0.192 e. The zero-order valence-electron chi connectivity index (χ0n) is 17.9.